The van der Waals surface area contributed by atoms with Crippen molar-refractivity contribution in [3.05, 3.63) is 71.9 Å². The highest BCUT2D eigenvalue weighted by atomic mass is 16.2. The Morgan fingerprint density at radius 1 is 1.03 bits per heavy atom. The van der Waals surface area contributed by atoms with Crippen LogP contribution in [0.2, 0.25) is 0 Å². The van der Waals surface area contributed by atoms with Gasteiger partial charge in [0, 0.05) is 37.8 Å². The number of carbonyl (C=O) groups excluding carboxylic acids is 2. The zero-order valence-electron chi connectivity index (χ0n) is 16.8. The van der Waals surface area contributed by atoms with Gasteiger partial charge in [-0.25, -0.2) is 5.01 Å². The molecule has 2 aromatic rings. The lowest BCUT2D eigenvalue weighted by atomic mass is 10.1. The molecule has 2 aromatic carbocycles. The van der Waals surface area contributed by atoms with Crippen LogP contribution in [-0.4, -0.2) is 42.4 Å². The summed E-state index contributed by atoms with van der Waals surface area (Å²) in [5.74, 6) is -0.139. The number of aryl methyl sites for hydroxylation is 1. The standard InChI is InChI=1S/C23H26N4O2/c1-17-7-6-10-20(15-17)26-14-13-25(16-18(26)2)23(29)21-11-12-22(28)27(24-21)19-8-4-3-5-9-19/h3-11,15,18,24H,12-14,16H2,1-2H3/t18-/m0/s1. The maximum atomic E-state index is 13.1. The fraction of sp³-hybridized carbons (Fsp3) is 0.304. The number of hydrogen-bond donors (Lipinski definition) is 1. The van der Waals surface area contributed by atoms with Crippen molar-refractivity contribution >= 4 is 23.2 Å². The van der Waals surface area contributed by atoms with Crippen molar-refractivity contribution in [2.45, 2.75) is 26.3 Å². The topological polar surface area (TPSA) is 55.9 Å². The molecule has 29 heavy (non-hydrogen) atoms. The molecule has 2 aliphatic rings. The van der Waals surface area contributed by atoms with Crippen LogP contribution in [0, 0.1) is 6.92 Å². The number of nitrogens with one attached hydrogen (secondary N) is 1. The predicted molar refractivity (Wildman–Crippen MR) is 114 cm³/mol. The van der Waals surface area contributed by atoms with Gasteiger partial charge in [0.2, 0.25) is 5.91 Å². The van der Waals surface area contributed by atoms with Gasteiger partial charge in [0.25, 0.3) is 5.91 Å². The quantitative estimate of drug-likeness (QED) is 0.876. The molecule has 1 atom stereocenters. The molecule has 0 unspecified atom stereocenters. The van der Waals surface area contributed by atoms with Gasteiger partial charge in [-0.1, -0.05) is 30.3 Å². The second kappa shape index (κ2) is 7.99. The number of hydrazine groups is 1. The molecule has 6 nitrogen and oxygen atoms in total. The highest BCUT2D eigenvalue weighted by Gasteiger charge is 2.31. The highest BCUT2D eigenvalue weighted by molar-refractivity contribution is 6.01. The van der Waals surface area contributed by atoms with Crippen LogP contribution >= 0.6 is 0 Å². The second-order valence-electron chi connectivity index (χ2n) is 7.63. The number of benzene rings is 2. The Bertz CT molecular complexity index is 941. The molecule has 2 amide bonds. The van der Waals surface area contributed by atoms with E-state index in [1.807, 2.05) is 35.2 Å². The molecular formula is C23H26N4O2. The number of hydrogen-bond acceptors (Lipinski definition) is 4. The van der Waals surface area contributed by atoms with Gasteiger partial charge in [0.1, 0.15) is 5.70 Å². The lowest BCUT2D eigenvalue weighted by molar-refractivity contribution is -0.128. The van der Waals surface area contributed by atoms with E-state index in [0.29, 0.717) is 18.8 Å². The number of piperazine rings is 1. The number of nitrogens with zero attached hydrogens (tertiary/aromatic N) is 3. The van der Waals surface area contributed by atoms with Gasteiger partial charge in [0.05, 0.1) is 5.69 Å². The van der Waals surface area contributed by atoms with Crippen molar-refractivity contribution in [2.75, 3.05) is 29.5 Å². The van der Waals surface area contributed by atoms with E-state index < -0.39 is 0 Å². The fourth-order valence-electron chi connectivity index (χ4n) is 3.93. The first-order chi connectivity index (χ1) is 14.0. The van der Waals surface area contributed by atoms with E-state index in [9.17, 15) is 9.59 Å². The molecule has 2 aliphatic heterocycles. The monoisotopic (exact) mass is 390 g/mol. The molecule has 6 heteroatoms. The Balaban J connectivity index is 1.44. The summed E-state index contributed by atoms with van der Waals surface area (Å²) in [6.45, 7) is 6.31. The normalized spacial score (nSPS) is 19.7. The molecule has 1 fully saturated rings. The lowest BCUT2D eigenvalue weighted by Crippen LogP contribution is -2.56. The van der Waals surface area contributed by atoms with Gasteiger partial charge in [-0.15, -0.1) is 0 Å². The molecule has 0 aromatic heterocycles. The summed E-state index contributed by atoms with van der Waals surface area (Å²) in [6.07, 6.45) is 1.91. The van der Waals surface area contributed by atoms with E-state index in [-0.39, 0.29) is 24.3 Å². The Morgan fingerprint density at radius 3 is 2.52 bits per heavy atom. The Hall–Kier alpha value is -3.28. The fourth-order valence-corrected chi connectivity index (χ4v) is 3.93. The maximum Gasteiger partial charge on any atom is 0.271 e. The van der Waals surface area contributed by atoms with Crippen molar-refractivity contribution in [3.8, 4) is 0 Å². The minimum absolute atomic E-state index is 0.0610. The Kier molecular flexibility index (Phi) is 5.25. The van der Waals surface area contributed by atoms with Crippen LogP contribution in [0.4, 0.5) is 11.4 Å². The van der Waals surface area contributed by atoms with Crippen LogP contribution in [0.25, 0.3) is 0 Å². The van der Waals surface area contributed by atoms with Gasteiger partial charge >= 0.3 is 0 Å². The average Bonchev–Trinajstić information content (AvgIpc) is 2.74. The molecule has 1 N–H and O–H groups in total. The van der Waals surface area contributed by atoms with Gasteiger partial charge in [-0.3, -0.25) is 15.0 Å². The average molecular weight is 390 g/mol. The molecule has 1 saturated heterocycles. The minimum atomic E-state index is -0.0783. The third kappa shape index (κ3) is 3.97. The largest absolute Gasteiger partial charge is 0.365 e. The minimum Gasteiger partial charge on any atom is -0.365 e. The molecular weight excluding hydrogens is 364 g/mol. The van der Waals surface area contributed by atoms with Gasteiger partial charge in [0.15, 0.2) is 0 Å². The first kappa shape index (κ1) is 19.1. The third-order valence-corrected chi connectivity index (χ3v) is 5.46. The SMILES string of the molecule is Cc1cccc(N2CCN(C(=O)C3=CCC(=O)N(c4ccccc4)N3)C[C@@H]2C)c1. The Morgan fingerprint density at radius 2 is 1.79 bits per heavy atom. The van der Waals surface area contributed by atoms with E-state index in [2.05, 4.69) is 48.4 Å². The Labute approximate surface area is 171 Å². The molecule has 0 spiro atoms. The van der Waals surface area contributed by atoms with Gasteiger partial charge in [-0.05, 0) is 49.8 Å². The predicted octanol–water partition coefficient (Wildman–Crippen LogP) is 2.86. The summed E-state index contributed by atoms with van der Waals surface area (Å²) in [5, 5.41) is 1.46. The highest BCUT2D eigenvalue weighted by Crippen LogP contribution is 2.23. The van der Waals surface area contributed by atoms with Crippen molar-refractivity contribution in [1.29, 1.82) is 0 Å². The molecule has 2 heterocycles. The van der Waals surface area contributed by atoms with Crippen molar-refractivity contribution in [1.82, 2.24) is 10.3 Å². The number of anilines is 2. The van der Waals surface area contributed by atoms with E-state index in [1.54, 1.807) is 6.08 Å². The summed E-state index contributed by atoms with van der Waals surface area (Å²) in [4.78, 5) is 29.6. The molecule has 150 valence electrons. The van der Waals surface area contributed by atoms with Crippen LogP contribution in [0.1, 0.15) is 18.9 Å². The maximum absolute atomic E-state index is 13.1. The smallest absolute Gasteiger partial charge is 0.271 e. The molecule has 0 aliphatic carbocycles. The number of amides is 2. The zero-order chi connectivity index (χ0) is 20.4. The first-order valence-corrected chi connectivity index (χ1v) is 10.0. The molecule has 0 bridgehead atoms. The van der Waals surface area contributed by atoms with Crippen molar-refractivity contribution in [2.24, 2.45) is 0 Å². The number of rotatable bonds is 3. The van der Waals surface area contributed by atoms with Crippen LogP contribution in [-0.2, 0) is 9.59 Å². The van der Waals surface area contributed by atoms with Crippen LogP contribution in [0.15, 0.2) is 66.4 Å². The molecule has 0 saturated carbocycles. The number of carbonyl (C=O) groups is 2. The lowest BCUT2D eigenvalue weighted by Gasteiger charge is -2.42. The molecule has 4 rings (SSSR count). The van der Waals surface area contributed by atoms with Crippen molar-refractivity contribution in [3.63, 3.8) is 0 Å². The summed E-state index contributed by atoms with van der Waals surface area (Å²) >= 11 is 0. The summed E-state index contributed by atoms with van der Waals surface area (Å²) in [7, 11) is 0. The number of para-hydroxylation sites is 1. The van der Waals surface area contributed by atoms with Crippen LogP contribution < -0.4 is 15.3 Å². The van der Waals surface area contributed by atoms with Gasteiger partial charge < -0.3 is 9.80 Å². The first-order valence-electron chi connectivity index (χ1n) is 10.0. The molecule has 0 radical (unpaired) electrons. The van der Waals surface area contributed by atoms with E-state index in [1.165, 1.54) is 16.3 Å². The third-order valence-electron chi connectivity index (χ3n) is 5.46. The van der Waals surface area contributed by atoms with Gasteiger partial charge in [-0.2, -0.15) is 0 Å². The van der Waals surface area contributed by atoms with Crippen LogP contribution in [0.3, 0.4) is 0 Å². The van der Waals surface area contributed by atoms with E-state index in [0.717, 1.165) is 12.2 Å². The van der Waals surface area contributed by atoms with Crippen LogP contribution in [0.5, 0.6) is 0 Å². The zero-order valence-corrected chi connectivity index (χ0v) is 16.8. The van der Waals surface area contributed by atoms with E-state index >= 15 is 0 Å². The second-order valence-corrected chi connectivity index (χ2v) is 7.63. The summed E-state index contributed by atoms with van der Waals surface area (Å²) in [5.41, 5.74) is 6.64. The van der Waals surface area contributed by atoms with Crippen molar-refractivity contribution < 1.29 is 9.59 Å². The summed E-state index contributed by atoms with van der Waals surface area (Å²) < 4.78 is 0. The summed E-state index contributed by atoms with van der Waals surface area (Å²) in [6, 6.07) is 18.0. The van der Waals surface area contributed by atoms with E-state index in [4.69, 9.17) is 0 Å².